The third kappa shape index (κ3) is 6.76. The van der Waals surface area contributed by atoms with Gasteiger partial charge in [-0.25, -0.2) is 0 Å². The van der Waals surface area contributed by atoms with Gasteiger partial charge >= 0.3 is 0 Å². The Morgan fingerprint density at radius 1 is 1.10 bits per heavy atom. The molecule has 0 aliphatic rings. The fourth-order valence-corrected chi connectivity index (χ4v) is 2.00. The van der Waals surface area contributed by atoms with Crippen LogP contribution in [0.2, 0.25) is 0 Å². The summed E-state index contributed by atoms with van der Waals surface area (Å²) in [5.41, 5.74) is 2.68. The number of nitrogens with one attached hydrogen (secondary N) is 1. The van der Waals surface area contributed by atoms with Crippen molar-refractivity contribution in [1.29, 1.82) is 0 Å². The third-order valence-electron chi connectivity index (χ3n) is 3.32. The molecule has 0 aromatic heterocycles. The van der Waals surface area contributed by atoms with Crippen LogP contribution in [0.15, 0.2) is 29.8 Å². The number of hydrogen-bond acceptors (Lipinski definition) is 2. The predicted octanol–water partition coefficient (Wildman–Crippen LogP) is 4.66. The van der Waals surface area contributed by atoms with Crippen molar-refractivity contribution >= 4 is 6.08 Å². The lowest BCUT2D eigenvalue weighted by Gasteiger charge is -2.07. The lowest BCUT2D eigenvalue weighted by atomic mass is 10.1. The van der Waals surface area contributed by atoms with Crippen LogP contribution in [0.1, 0.15) is 52.0 Å². The van der Waals surface area contributed by atoms with Gasteiger partial charge in [0.1, 0.15) is 5.75 Å². The second-order valence-electron chi connectivity index (χ2n) is 5.06. The monoisotopic (exact) mass is 275 g/mol. The zero-order chi connectivity index (χ0) is 14.6. The number of benzene rings is 1. The molecular formula is C18H29NO. The second kappa shape index (κ2) is 10.5. The first-order chi connectivity index (χ1) is 9.80. The summed E-state index contributed by atoms with van der Waals surface area (Å²) in [5, 5.41) is 3.38. The van der Waals surface area contributed by atoms with Crippen LogP contribution in [0.4, 0.5) is 0 Å². The van der Waals surface area contributed by atoms with Crippen molar-refractivity contribution in [2.75, 3.05) is 19.7 Å². The van der Waals surface area contributed by atoms with Crippen LogP contribution in [0.5, 0.6) is 5.75 Å². The van der Waals surface area contributed by atoms with Gasteiger partial charge in [-0.05, 0) is 37.1 Å². The molecule has 1 rings (SSSR count). The van der Waals surface area contributed by atoms with E-state index in [9.17, 15) is 0 Å². The van der Waals surface area contributed by atoms with E-state index >= 15 is 0 Å². The fourth-order valence-electron chi connectivity index (χ4n) is 2.00. The van der Waals surface area contributed by atoms with E-state index in [1.807, 2.05) is 0 Å². The number of rotatable bonds is 10. The maximum absolute atomic E-state index is 5.73. The Kier molecular flexibility index (Phi) is 8.81. The second-order valence-corrected chi connectivity index (χ2v) is 5.06. The molecule has 0 fully saturated rings. The van der Waals surface area contributed by atoms with E-state index in [4.69, 9.17) is 4.74 Å². The highest BCUT2D eigenvalue weighted by molar-refractivity contribution is 5.54. The largest absolute Gasteiger partial charge is 0.494 e. The lowest BCUT2D eigenvalue weighted by molar-refractivity contribution is 0.306. The van der Waals surface area contributed by atoms with Crippen LogP contribution in [-0.2, 0) is 0 Å². The van der Waals surface area contributed by atoms with Crippen molar-refractivity contribution in [3.63, 3.8) is 0 Å². The Labute approximate surface area is 124 Å². The number of likely N-dealkylation sites (N-methyl/N-ethyl adjacent to an activating group) is 1. The SMILES string of the molecule is CCCCCOc1ccc(C=C(CC)CNCC)cc1. The van der Waals surface area contributed by atoms with Gasteiger partial charge in [0, 0.05) is 6.54 Å². The van der Waals surface area contributed by atoms with Crippen molar-refractivity contribution in [3.05, 3.63) is 35.4 Å². The van der Waals surface area contributed by atoms with Gasteiger partial charge in [0.15, 0.2) is 0 Å². The molecule has 0 unspecified atom stereocenters. The Bertz CT molecular complexity index is 381. The molecule has 2 heteroatoms. The number of ether oxygens (including phenoxy) is 1. The summed E-state index contributed by atoms with van der Waals surface area (Å²) in [6, 6.07) is 8.41. The first-order valence-electron chi connectivity index (χ1n) is 7.93. The smallest absolute Gasteiger partial charge is 0.119 e. The first-order valence-corrected chi connectivity index (χ1v) is 7.93. The summed E-state index contributed by atoms with van der Waals surface area (Å²) < 4.78 is 5.73. The van der Waals surface area contributed by atoms with Crippen LogP contribution in [-0.4, -0.2) is 19.7 Å². The summed E-state index contributed by atoms with van der Waals surface area (Å²) in [6.45, 7) is 9.36. The maximum atomic E-state index is 5.73. The molecule has 0 bridgehead atoms. The molecule has 1 aromatic carbocycles. The Hall–Kier alpha value is -1.28. The maximum Gasteiger partial charge on any atom is 0.119 e. The first kappa shape index (κ1) is 16.8. The van der Waals surface area contributed by atoms with Gasteiger partial charge in [-0.15, -0.1) is 0 Å². The summed E-state index contributed by atoms with van der Waals surface area (Å²) in [7, 11) is 0. The predicted molar refractivity (Wildman–Crippen MR) is 88.3 cm³/mol. The molecule has 0 amide bonds. The lowest BCUT2D eigenvalue weighted by Crippen LogP contribution is -2.15. The van der Waals surface area contributed by atoms with E-state index < -0.39 is 0 Å². The quantitative estimate of drug-likeness (QED) is 0.627. The van der Waals surface area contributed by atoms with Crippen LogP contribution in [0.3, 0.4) is 0 Å². The van der Waals surface area contributed by atoms with Crippen LogP contribution >= 0.6 is 0 Å². The molecular weight excluding hydrogens is 246 g/mol. The van der Waals surface area contributed by atoms with Gasteiger partial charge in [-0.3, -0.25) is 0 Å². The summed E-state index contributed by atoms with van der Waals surface area (Å²) >= 11 is 0. The highest BCUT2D eigenvalue weighted by atomic mass is 16.5. The molecule has 112 valence electrons. The average Bonchev–Trinajstić information content (AvgIpc) is 2.49. The molecule has 20 heavy (non-hydrogen) atoms. The molecule has 0 aliphatic heterocycles. The van der Waals surface area contributed by atoms with Crippen LogP contribution in [0.25, 0.3) is 6.08 Å². The van der Waals surface area contributed by atoms with Crippen LogP contribution < -0.4 is 10.1 Å². The highest BCUT2D eigenvalue weighted by Crippen LogP contribution is 2.16. The zero-order valence-electron chi connectivity index (χ0n) is 13.2. The van der Waals surface area contributed by atoms with Gasteiger partial charge in [0.25, 0.3) is 0 Å². The third-order valence-corrected chi connectivity index (χ3v) is 3.32. The van der Waals surface area contributed by atoms with Gasteiger partial charge < -0.3 is 10.1 Å². The number of unbranched alkanes of at least 4 members (excludes halogenated alkanes) is 2. The summed E-state index contributed by atoms with van der Waals surface area (Å²) in [6.07, 6.45) is 6.97. The van der Waals surface area contributed by atoms with E-state index in [2.05, 4.69) is 56.4 Å². The van der Waals surface area contributed by atoms with Crippen molar-refractivity contribution in [3.8, 4) is 5.75 Å². The van der Waals surface area contributed by atoms with Crippen LogP contribution in [0, 0.1) is 0 Å². The molecule has 0 saturated carbocycles. The van der Waals surface area contributed by atoms with Crippen molar-refractivity contribution < 1.29 is 4.74 Å². The average molecular weight is 275 g/mol. The van der Waals surface area contributed by atoms with E-state index in [0.29, 0.717) is 0 Å². The number of hydrogen-bond donors (Lipinski definition) is 1. The molecule has 1 aromatic rings. The Balaban J connectivity index is 2.50. The molecule has 2 nitrogen and oxygen atoms in total. The molecule has 0 radical (unpaired) electrons. The molecule has 0 saturated heterocycles. The minimum atomic E-state index is 0.823. The van der Waals surface area contributed by atoms with Crippen molar-refractivity contribution in [2.45, 2.75) is 46.5 Å². The minimum absolute atomic E-state index is 0.823. The molecule has 1 N–H and O–H groups in total. The fraction of sp³-hybridized carbons (Fsp3) is 0.556. The molecule has 0 spiro atoms. The van der Waals surface area contributed by atoms with E-state index in [1.54, 1.807) is 0 Å². The topological polar surface area (TPSA) is 21.3 Å². The van der Waals surface area contributed by atoms with E-state index in [1.165, 1.54) is 24.0 Å². The normalized spacial score (nSPS) is 11.7. The zero-order valence-corrected chi connectivity index (χ0v) is 13.2. The summed E-state index contributed by atoms with van der Waals surface area (Å²) in [5.74, 6) is 0.975. The van der Waals surface area contributed by atoms with E-state index in [0.717, 1.165) is 38.3 Å². The highest BCUT2D eigenvalue weighted by Gasteiger charge is 1.97. The molecule has 0 heterocycles. The Morgan fingerprint density at radius 3 is 2.45 bits per heavy atom. The molecule has 0 atom stereocenters. The van der Waals surface area contributed by atoms with Gasteiger partial charge in [-0.1, -0.05) is 57.4 Å². The van der Waals surface area contributed by atoms with E-state index in [-0.39, 0.29) is 0 Å². The van der Waals surface area contributed by atoms with Gasteiger partial charge in [0.05, 0.1) is 6.61 Å². The van der Waals surface area contributed by atoms with Crippen molar-refractivity contribution in [1.82, 2.24) is 5.32 Å². The van der Waals surface area contributed by atoms with Crippen molar-refractivity contribution in [2.24, 2.45) is 0 Å². The molecule has 0 aliphatic carbocycles. The standard InChI is InChI=1S/C18H29NO/c1-4-7-8-13-20-18-11-9-17(10-12-18)14-16(5-2)15-19-6-3/h9-12,14,19H,4-8,13,15H2,1-3H3. The minimum Gasteiger partial charge on any atom is -0.494 e. The Morgan fingerprint density at radius 2 is 1.85 bits per heavy atom. The van der Waals surface area contributed by atoms with Gasteiger partial charge in [0.2, 0.25) is 0 Å². The summed E-state index contributed by atoms with van der Waals surface area (Å²) in [4.78, 5) is 0. The van der Waals surface area contributed by atoms with Gasteiger partial charge in [-0.2, -0.15) is 0 Å².